The second-order valence-electron chi connectivity index (χ2n) is 3.85. The van der Waals surface area contributed by atoms with E-state index in [9.17, 15) is 8.78 Å². The van der Waals surface area contributed by atoms with Gasteiger partial charge in [-0.15, -0.1) is 0 Å². The van der Waals surface area contributed by atoms with Crippen LogP contribution in [-0.2, 0) is 0 Å². The first-order valence-corrected chi connectivity index (χ1v) is 6.04. The fourth-order valence-electron chi connectivity index (χ4n) is 1.78. The molecular weight excluding hydrogens is 302 g/mol. The first-order valence-electron chi connectivity index (χ1n) is 5.25. The summed E-state index contributed by atoms with van der Waals surface area (Å²) in [4.78, 5) is 7.41. The number of aromatic nitrogens is 2. The Bertz CT molecular complexity index is 704. The van der Waals surface area contributed by atoms with Gasteiger partial charge in [-0.25, -0.2) is 13.8 Å². The molecule has 3 rings (SSSR count). The van der Waals surface area contributed by atoms with Crippen LogP contribution >= 0.6 is 15.9 Å². The summed E-state index contributed by atoms with van der Waals surface area (Å²) in [6.07, 6.45) is 0. The Morgan fingerprint density at radius 1 is 1.06 bits per heavy atom. The van der Waals surface area contributed by atoms with Crippen LogP contribution < -0.4 is 0 Å². The van der Waals surface area contributed by atoms with Gasteiger partial charge in [-0.1, -0.05) is 12.1 Å². The van der Waals surface area contributed by atoms with Crippen LogP contribution in [0.25, 0.3) is 22.4 Å². The molecule has 0 saturated heterocycles. The number of hydrogen-bond donors (Lipinski definition) is 1. The second kappa shape index (κ2) is 4.17. The van der Waals surface area contributed by atoms with Crippen molar-refractivity contribution in [3.63, 3.8) is 0 Å². The lowest BCUT2D eigenvalue weighted by atomic mass is 10.2. The zero-order valence-corrected chi connectivity index (χ0v) is 10.6. The van der Waals surface area contributed by atoms with E-state index in [1.165, 1.54) is 0 Å². The summed E-state index contributed by atoms with van der Waals surface area (Å²) in [5.74, 6) is -1.28. The van der Waals surface area contributed by atoms with Gasteiger partial charge < -0.3 is 4.98 Å². The summed E-state index contributed by atoms with van der Waals surface area (Å²) in [6, 6.07) is 9.69. The minimum absolute atomic E-state index is 0.459. The predicted octanol–water partition coefficient (Wildman–Crippen LogP) is 4.27. The van der Waals surface area contributed by atoms with E-state index >= 15 is 0 Å². The van der Waals surface area contributed by atoms with Crippen LogP contribution in [0.3, 0.4) is 0 Å². The van der Waals surface area contributed by atoms with Crippen LogP contribution in [0.1, 0.15) is 0 Å². The molecule has 5 heteroatoms. The molecule has 1 heterocycles. The number of nitrogens with zero attached hydrogens (tertiary/aromatic N) is 1. The molecule has 18 heavy (non-hydrogen) atoms. The van der Waals surface area contributed by atoms with Crippen LogP contribution in [0.5, 0.6) is 0 Å². The topological polar surface area (TPSA) is 28.7 Å². The molecule has 2 nitrogen and oxygen atoms in total. The molecule has 0 fully saturated rings. The third-order valence-corrected chi connectivity index (χ3v) is 3.31. The molecule has 0 aliphatic carbocycles. The van der Waals surface area contributed by atoms with Gasteiger partial charge >= 0.3 is 0 Å². The number of hydrogen-bond acceptors (Lipinski definition) is 1. The van der Waals surface area contributed by atoms with Gasteiger partial charge in [0, 0.05) is 10.0 Å². The summed E-state index contributed by atoms with van der Waals surface area (Å²) in [6.45, 7) is 0. The van der Waals surface area contributed by atoms with E-state index in [2.05, 4.69) is 25.9 Å². The smallest absolute Gasteiger partial charge is 0.159 e. The van der Waals surface area contributed by atoms with Crippen LogP contribution in [0.15, 0.2) is 40.9 Å². The molecule has 0 saturated carbocycles. The number of fused-ring (bicyclic) bond motifs is 1. The fraction of sp³-hybridized carbons (Fsp3) is 0. The second-order valence-corrected chi connectivity index (χ2v) is 4.70. The maximum atomic E-state index is 13.3. The average molecular weight is 309 g/mol. The van der Waals surface area contributed by atoms with Crippen LogP contribution in [0, 0.1) is 11.6 Å². The highest BCUT2D eigenvalue weighted by molar-refractivity contribution is 9.10. The van der Waals surface area contributed by atoms with E-state index in [0.717, 1.165) is 23.2 Å². The molecule has 0 aliphatic rings. The highest BCUT2D eigenvalue weighted by atomic mass is 79.9. The van der Waals surface area contributed by atoms with Gasteiger partial charge in [0.15, 0.2) is 11.6 Å². The Balaban J connectivity index is 2.22. The molecule has 90 valence electrons. The standard InChI is InChI=1S/C13H7BrF2N2/c14-8-6-10(16)9(15)5-7(8)13-17-11-3-1-2-4-12(11)18-13/h1-6H,(H,17,18). The molecule has 1 N–H and O–H groups in total. The number of benzene rings is 2. The molecule has 0 unspecified atom stereocenters. The molecule has 1 aromatic heterocycles. The summed E-state index contributed by atoms with van der Waals surface area (Å²) < 4.78 is 26.8. The average Bonchev–Trinajstić information content (AvgIpc) is 2.77. The molecule has 0 aliphatic heterocycles. The van der Waals surface area contributed by atoms with Crippen LogP contribution in [0.2, 0.25) is 0 Å². The van der Waals surface area contributed by atoms with Gasteiger partial charge in [0.05, 0.1) is 11.0 Å². The quantitative estimate of drug-likeness (QED) is 0.668. The largest absolute Gasteiger partial charge is 0.338 e. The van der Waals surface area contributed by atoms with Crippen molar-refractivity contribution in [2.24, 2.45) is 0 Å². The lowest BCUT2D eigenvalue weighted by Crippen LogP contribution is -1.89. The Kier molecular flexibility index (Phi) is 2.63. The van der Waals surface area contributed by atoms with Crippen molar-refractivity contribution in [2.75, 3.05) is 0 Å². The summed E-state index contributed by atoms with van der Waals surface area (Å²) >= 11 is 3.21. The summed E-state index contributed by atoms with van der Waals surface area (Å²) in [5, 5.41) is 0. The van der Waals surface area contributed by atoms with Crippen molar-refractivity contribution in [3.05, 3.63) is 52.5 Å². The van der Waals surface area contributed by atoms with Crippen molar-refractivity contribution in [2.45, 2.75) is 0 Å². The Morgan fingerprint density at radius 3 is 2.56 bits per heavy atom. The molecule has 0 spiro atoms. The number of imidazole rings is 1. The Morgan fingerprint density at radius 2 is 1.78 bits per heavy atom. The highest BCUT2D eigenvalue weighted by Crippen LogP contribution is 2.29. The monoisotopic (exact) mass is 308 g/mol. The van der Waals surface area contributed by atoms with Gasteiger partial charge in [-0.05, 0) is 40.2 Å². The van der Waals surface area contributed by atoms with Crippen molar-refractivity contribution < 1.29 is 8.78 Å². The first kappa shape index (κ1) is 11.3. The van der Waals surface area contributed by atoms with Gasteiger partial charge in [0.1, 0.15) is 5.82 Å². The minimum Gasteiger partial charge on any atom is -0.338 e. The van der Waals surface area contributed by atoms with Gasteiger partial charge in [-0.3, -0.25) is 0 Å². The van der Waals surface area contributed by atoms with Crippen molar-refractivity contribution in [3.8, 4) is 11.4 Å². The number of H-pyrrole nitrogens is 1. The molecule has 0 bridgehead atoms. The number of halogens is 3. The van der Waals surface area contributed by atoms with Crippen LogP contribution in [0.4, 0.5) is 8.78 Å². The fourth-order valence-corrected chi connectivity index (χ4v) is 2.29. The Hall–Kier alpha value is -1.75. The first-order chi connectivity index (χ1) is 8.65. The highest BCUT2D eigenvalue weighted by Gasteiger charge is 2.12. The molecular formula is C13H7BrF2N2. The van der Waals surface area contributed by atoms with Crippen LogP contribution in [-0.4, -0.2) is 9.97 Å². The van der Waals surface area contributed by atoms with Gasteiger partial charge in [0.2, 0.25) is 0 Å². The van der Waals surface area contributed by atoms with E-state index in [0.29, 0.717) is 15.9 Å². The van der Waals surface area contributed by atoms with Crippen molar-refractivity contribution in [1.82, 2.24) is 9.97 Å². The van der Waals surface area contributed by atoms with E-state index in [1.807, 2.05) is 24.3 Å². The predicted molar refractivity (Wildman–Crippen MR) is 69.1 cm³/mol. The number of rotatable bonds is 1. The molecule has 2 aromatic carbocycles. The zero-order valence-electron chi connectivity index (χ0n) is 9.05. The molecule has 0 amide bonds. The lowest BCUT2D eigenvalue weighted by molar-refractivity contribution is 0.508. The minimum atomic E-state index is -0.895. The van der Waals surface area contributed by atoms with E-state index in [4.69, 9.17) is 0 Å². The zero-order chi connectivity index (χ0) is 12.7. The summed E-state index contributed by atoms with van der Waals surface area (Å²) in [7, 11) is 0. The molecule has 0 radical (unpaired) electrons. The summed E-state index contributed by atoms with van der Waals surface area (Å²) in [5.41, 5.74) is 2.12. The Labute approximate surface area is 110 Å². The van der Waals surface area contributed by atoms with Crippen molar-refractivity contribution in [1.29, 1.82) is 0 Å². The molecule has 3 aromatic rings. The van der Waals surface area contributed by atoms with Gasteiger partial charge in [-0.2, -0.15) is 0 Å². The lowest BCUT2D eigenvalue weighted by Gasteiger charge is -2.01. The number of para-hydroxylation sites is 2. The van der Waals surface area contributed by atoms with E-state index in [1.54, 1.807) is 0 Å². The maximum Gasteiger partial charge on any atom is 0.159 e. The SMILES string of the molecule is Fc1cc(Br)c(-c2nc3ccccc3[nH]2)cc1F. The van der Waals surface area contributed by atoms with E-state index < -0.39 is 11.6 Å². The third-order valence-electron chi connectivity index (χ3n) is 2.65. The third kappa shape index (κ3) is 1.80. The molecule has 0 atom stereocenters. The number of aromatic amines is 1. The van der Waals surface area contributed by atoms with E-state index in [-0.39, 0.29) is 0 Å². The van der Waals surface area contributed by atoms with Gasteiger partial charge in [0.25, 0.3) is 0 Å². The maximum absolute atomic E-state index is 13.3. The van der Waals surface area contributed by atoms with Crippen molar-refractivity contribution >= 4 is 27.0 Å². The normalized spacial score (nSPS) is 11.1. The number of nitrogens with one attached hydrogen (secondary N) is 1.